The Morgan fingerprint density at radius 3 is 1.64 bits per heavy atom. The molecule has 0 aromatic heterocycles. The van der Waals surface area contributed by atoms with Crippen molar-refractivity contribution < 1.29 is 0 Å². The van der Waals surface area contributed by atoms with Crippen LogP contribution < -0.4 is 0 Å². The molecule has 42 heavy (non-hydrogen) atoms. The van der Waals surface area contributed by atoms with E-state index in [-0.39, 0.29) is 0 Å². The minimum absolute atomic E-state index is 1.24. The molecule has 0 heterocycles. The zero-order valence-corrected chi connectivity index (χ0v) is 23.0. The Morgan fingerprint density at radius 1 is 0.238 bits per heavy atom. The molecule has 0 amide bonds. The molecular formula is C42H26. The molecule has 0 saturated heterocycles. The summed E-state index contributed by atoms with van der Waals surface area (Å²) in [6, 6.07) is 58.0. The van der Waals surface area contributed by atoms with Gasteiger partial charge in [-0.15, -0.1) is 0 Å². The van der Waals surface area contributed by atoms with Gasteiger partial charge in [0, 0.05) is 0 Å². The predicted molar refractivity (Wildman–Crippen MR) is 180 cm³/mol. The average molecular weight is 531 g/mol. The number of rotatable bonds is 3. The summed E-state index contributed by atoms with van der Waals surface area (Å²) in [5, 5.41) is 7.77. The number of fused-ring (bicyclic) bond motifs is 5. The lowest BCUT2D eigenvalue weighted by molar-refractivity contribution is 1.61. The van der Waals surface area contributed by atoms with E-state index < -0.39 is 0 Å². The van der Waals surface area contributed by atoms with E-state index >= 15 is 0 Å². The van der Waals surface area contributed by atoms with Gasteiger partial charge in [-0.05, 0) is 106 Å². The highest BCUT2D eigenvalue weighted by Gasteiger charge is 2.21. The van der Waals surface area contributed by atoms with Gasteiger partial charge in [0.1, 0.15) is 0 Å². The monoisotopic (exact) mass is 530 g/mol. The number of hydrogen-bond acceptors (Lipinski definition) is 0. The van der Waals surface area contributed by atoms with Crippen molar-refractivity contribution in [2.24, 2.45) is 0 Å². The summed E-state index contributed by atoms with van der Waals surface area (Å²) in [5.41, 5.74) is 12.9. The molecule has 0 bridgehead atoms. The highest BCUT2D eigenvalue weighted by Crippen LogP contribution is 2.48. The fraction of sp³-hybridized carbons (Fsp3) is 0. The van der Waals surface area contributed by atoms with Crippen molar-refractivity contribution in [3.8, 4) is 55.6 Å². The first-order valence-electron chi connectivity index (χ1n) is 14.6. The van der Waals surface area contributed by atoms with Crippen LogP contribution in [0.4, 0.5) is 0 Å². The van der Waals surface area contributed by atoms with Gasteiger partial charge < -0.3 is 0 Å². The summed E-state index contributed by atoms with van der Waals surface area (Å²) < 4.78 is 0. The maximum absolute atomic E-state index is 2.39. The molecule has 0 N–H and O–H groups in total. The van der Waals surface area contributed by atoms with Crippen molar-refractivity contribution in [2.75, 3.05) is 0 Å². The van der Waals surface area contributed by atoms with Crippen LogP contribution in [0, 0.1) is 0 Å². The number of benzene rings is 8. The van der Waals surface area contributed by atoms with Crippen molar-refractivity contribution in [3.63, 3.8) is 0 Å². The molecule has 0 spiro atoms. The molecule has 0 saturated carbocycles. The van der Waals surface area contributed by atoms with Crippen LogP contribution in [0.15, 0.2) is 158 Å². The van der Waals surface area contributed by atoms with E-state index in [0.29, 0.717) is 0 Å². The standard InChI is InChI=1S/C42H26/c1-2-15-32-27(10-1)11-8-20-35(32)39-23-22-33(34-16-3-4-17-36(34)39)29-13-7-12-28(24-29)31-25-30-14-9-21-40-37-18-5-6-19-38(37)41(26-31)42(30)40/h1-26H. The second-order valence-corrected chi connectivity index (χ2v) is 11.3. The van der Waals surface area contributed by atoms with Crippen molar-refractivity contribution in [3.05, 3.63) is 158 Å². The lowest BCUT2D eigenvalue weighted by Gasteiger charge is -2.15. The van der Waals surface area contributed by atoms with Crippen molar-refractivity contribution in [2.45, 2.75) is 0 Å². The molecule has 8 aromatic carbocycles. The quantitative estimate of drug-likeness (QED) is 0.213. The Balaban J connectivity index is 1.21. The normalized spacial score (nSPS) is 11.8. The van der Waals surface area contributed by atoms with E-state index in [9.17, 15) is 0 Å². The molecule has 0 aliphatic heterocycles. The zero-order chi connectivity index (χ0) is 27.6. The minimum Gasteiger partial charge on any atom is -0.0616 e. The highest BCUT2D eigenvalue weighted by molar-refractivity contribution is 6.16. The van der Waals surface area contributed by atoms with Gasteiger partial charge in [0.2, 0.25) is 0 Å². The molecule has 0 atom stereocenters. The molecule has 0 unspecified atom stereocenters. The van der Waals surface area contributed by atoms with E-state index in [1.54, 1.807) is 0 Å². The summed E-state index contributed by atoms with van der Waals surface area (Å²) >= 11 is 0. The molecule has 9 rings (SSSR count). The van der Waals surface area contributed by atoms with Crippen molar-refractivity contribution in [1.82, 2.24) is 0 Å². The van der Waals surface area contributed by atoms with Gasteiger partial charge in [0.25, 0.3) is 0 Å². The maximum Gasteiger partial charge on any atom is -0.00259 e. The third-order valence-corrected chi connectivity index (χ3v) is 9.00. The molecular weight excluding hydrogens is 504 g/mol. The molecule has 1 aliphatic rings. The Labute approximate surface area is 245 Å². The maximum atomic E-state index is 2.39. The van der Waals surface area contributed by atoms with Crippen LogP contribution in [0.1, 0.15) is 0 Å². The van der Waals surface area contributed by atoms with Crippen LogP contribution in [-0.4, -0.2) is 0 Å². The summed E-state index contributed by atoms with van der Waals surface area (Å²) in [5.74, 6) is 0. The highest BCUT2D eigenvalue weighted by atomic mass is 14.2. The van der Waals surface area contributed by atoms with Gasteiger partial charge in [0.05, 0.1) is 0 Å². The summed E-state index contributed by atoms with van der Waals surface area (Å²) in [7, 11) is 0. The van der Waals surface area contributed by atoms with Crippen LogP contribution in [0.3, 0.4) is 0 Å². The van der Waals surface area contributed by atoms with E-state index in [0.717, 1.165) is 0 Å². The second-order valence-electron chi connectivity index (χ2n) is 11.3. The van der Waals surface area contributed by atoms with Gasteiger partial charge in [-0.3, -0.25) is 0 Å². The van der Waals surface area contributed by atoms with E-state index in [2.05, 4.69) is 158 Å². The predicted octanol–water partition coefficient (Wildman–Crippen LogP) is 11.8. The Morgan fingerprint density at radius 2 is 0.786 bits per heavy atom. The van der Waals surface area contributed by atoms with Crippen molar-refractivity contribution in [1.29, 1.82) is 0 Å². The van der Waals surface area contributed by atoms with Gasteiger partial charge >= 0.3 is 0 Å². The van der Waals surface area contributed by atoms with Crippen molar-refractivity contribution >= 4 is 32.3 Å². The van der Waals surface area contributed by atoms with Crippen LogP contribution in [0.2, 0.25) is 0 Å². The molecule has 1 aliphatic carbocycles. The first-order chi connectivity index (χ1) is 20.8. The summed E-state index contributed by atoms with van der Waals surface area (Å²) in [6.45, 7) is 0. The van der Waals surface area contributed by atoms with Crippen LogP contribution in [-0.2, 0) is 0 Å². The third-order valence-electron chi connectivity index (χ3n) is 9.00. The fourth-order valence-electron chi connectivity index (χ4n) is 7.10. The van der Waals surface area contributed by atoms with E-state index in [1.807, 2.05) is 0 Å². The largest absolute Gasteiger partial charge is 0.0616 e. The van der Waals surface area contributed by atoms with Gasteiger partial charge in [-0.1, -0.05) is 140 Å². The van der Waals surface area contributed by atoms with Gasteiger partial charge in [-0.2, -0.15) is 0 Å². The SMILES string of the molecule is c1cc(-c2cc3c4c(cccc4c2)-c2ccccc2-3)cc(-c2ccc(-c3cccc4ccccc34)c3ccccc23)c1. The summed E-state index contributed by atoms with van der Waals surface area (Å²) in [6.07, 6.45) is 0. The molecule has 0 nitrogen and oxygen atoms in total. The van der Waals surface area contributed by atoms with Crippen LogP contribution in [0.5, 0.6) is 0 Å². The first kappa shape index (κ1) is 23.3. The Kier molecular flexibility index (Phi) is 5.00. The van der Waals surface area contributed by atoms with Crippen LogP contribution in [0.25, 0.3) is 88.0 Å². The van der Waals surface area contributed by atoms with Crippen LogP contribution >= 0.6 is 0 Å². The lowest BCUT2D eigenvalue weighted by atomic mass is 9.89. The molecule has 0 radical (unpaired) electrons. The minimum atomic E-state index is 1.24. The first-order valence-corrected chi connectivity index (χ1v) is 14.6. The van der Waals surface area contributed by atoms with Gasteiger partial charge in [0.15, 0.2) is 0 Å². The Hall–Kier alpha value is -5.46. The third kappa shape index (κ3) is 3.42. The smallest absolute Gasteiger partial charge is 0.00259 e. The second kappa shape index (κ2) is 9.03. The molecule has 194 valence electrons. The Bertz CT molecular complexity index is 2350. The number of hydrogen-bond donors (Lipinski definition) is 0. The molecule has 0 heteroatoms. The zero-order valence-electron chi connectivity index (χ0n) is 23.0. The van der Waals surface area contributed by atoms with Gasteiger partial charge in [-0.25, -0.2) is 0 Å². The summed E-state index contributed by atoms with van der Waals surface area (Å²) in [4.78, 5) is 0. The topological polar surface area (TPSA) is 0 Å². The fourth-order valence-corrected chi connectivity index (χ4v) is 7.10. The van der Waals surface area contributed by atoms with E-state index in [4.69, 9.17) is 0 Å². The average Bonchev–Trinajstić information content (AvgIpc) is 3.39. The molecule has 8 aromatic rings. The molecule has 0 fully saturated rings. The van der Waals surface area contributed by atoms with E-state index in [1.165, 1.54) is 88.0 Å². The lowest BCUT2D eigenvalue weighted by Crippen LogP contribution is -1.88.